The first-order valence-corrected chi connectivity index (χ1v) is 7.50. The first-order valence-electron chi connectivity index (χ1n) is 6.97. The number of carbonyl (C=O) groups is 2. The van der Waals surface area contributed by atoms with Crippen LogP contribution >= 0.6 is 11.6 Å². The molecule has 1 aromatic rings. The van der Waals surface area contributed by atoms with E-state index >= 15 is 0 Å². The topological polar surface area (TPSA) is 58.6 Å². The molecule has 1 atom stereocenters. The van der Waals surface area contributed by atoms with Crippen LogP contribution in [0.2, 0.25) is 0 Å². The highest BCUT2D eigenvalue weighted by Gasteiger charge is 2.27. The Morgan fingerprint density at radius 3 is 2.81 bits per heavy atom. The largest absolute Gasteiger partial charge is 0.445 e. The lowest BCUT2D eigenvalue weighted by molar-refractivity contribution is -0.118. The summed E-state index contributed by atoms with van der Waals surface area (Å²) in [4.78, 5) is 24.7. The number of ether oxygens (including phenoxy) is 1. The van der Waals surface area contributed by atoms with Gasteiger partial charge in [-0.1, -0.05) is 30.3 Å². The number of nitrogens with zero attached hydrogens (tertiary/aromatic N) is 1. The van der Waals surface area contributed by atoms with Gasteiger partial charge in [-0.15, -0.1) is 11.6 Å². The summed E-state index contributed by atoms with van der Waals surface area (Å²) in [6.07, 6.45) is 0.563. The minimum absolute atomic E-state index is 0.0322. The summed E-state index contributed by atoms with van der Waals surface area (Å²) in [6, 6.07) is 9.58. The fourth-order valence-corrected chi connectivity index (χ4v) is 2.38. The third-order valence-electron chi connectivity index (χ3n) is 3.46. The van der Waals surface area contributed by atoms with Crippen molar-refractivity contribution in [1.29, 1.82) is 0 Å². The molecule has 0 saturated carbocycles. The van der Waals surface area contributed by atoms with E-state index in [0.717, 1.165) is 12.0 Å². The monoisotopic (exact) mass is 310 g/mol. The lowest BCUT2D eigenvalue weighted by Crippen LogP contribution is -2.33. The van der Waals surface area contributed by atoms with Crippen molar-refractivity contribution in [1.82, 2.24) is 10.2 Å². The molecule has 5 nitrogen and oxygen atoms in total. The minimum Gasteiger partial charge on any atom is -0.445 e. The molecule has 1 unspecified atom stereocenters. The van der Waals surface area contributed by atoms with Crippen molar-refractivity contribution >= 4 is 23.6 Å². The van der Waals surface area contributed by atoms with Crippen LogP contribution in [0.25, 0.3) is 0 Å². The van der Waals surface area contributed by atoms with Gasteiger partial charge in [0.25, 0.3) is 0 Å². The Labute approximate surface area is 129 Å². The maximum Gasteiger partial charge on any atom is 0.410 e. The summed E-state index contributed by atoms with van der Waals surface area (Å²) in [5.41, 5.74) is 0.968. The molecule has 114 valence electrons. The molecule has 0 radical (unpaired) electrons. The molecule has 6 heteroatoms. The highest BCUT2D eigenvalue weighted by atomic mass is 35.5. The Hall–Kier alpha value is -1.75. The van der Waals surface area contributed by atoms with Gasteiger partial charge >= 0.3 is 6.09 Å². The van der Waals surface area contributed by atoms with Crippen LogP contribution in [0.5, 0.6) is 0 Å². The zero-order chi connectivity index (χ0) is 15.1. The average molecular weight is 311 g/mol. The number of benzene rings is 1. The molecule has 1 heterocycles. The number of hydrogen-bond acceptors (Lipinski definition) is 3. The van der Waals surface area contributed by atoms with E-state index in [4.69, 9.17) is 16.3 Å². The molecular formula is C15H19ClN2O3. The fraction of sp³-hybridized carbons (Fsp3) is 0.467. The summed E-state index contributed by atoms with van der Waals surface area (Å²) in [7, 11) is 0. The van der Waals surface area contributed by atoms with Crippen LogP contribution in [-0.2, 0) is 16.1 Å². The molecule has 1 fully saturated rings. The molecular weight excluding hydrogens is 292 g/mol. The number of halogens is 1. The minimum atomic E-state index is -0.301. The van der Waals surface area contributed by atoms with Crippen LogP contribution in [0.4, 0.5) is 4.79 Å². The van der Waals surface area contributed by atoms with Crippen LogP contribution < -0.4 is 5.32 Å². The van der Waals surface area contributed by atoms with Crippen LogP contribution in [-0.4, -0.2) is 42.4 Å². The van der Waals surface area contributed by atoms with Gasteiger partial charge in [-0.3, -0.25) is 4.79 Å². The Morgan fingerprint density at radius 2 is 2.10 bits per heavy atom. The van der Waals surface area contributed by atoms with Crippen molar-refractivity contribution in [2.75, 3.05) is 25.5 Å². The average Bonchev–Trinajstić information content (AvgIpc) is 3.00. The number of hydrogen-bond donors (Lipinski definition) is 1. The molecule has 1 aliphatic rings. The highest BCUT2D eigenvalue weighted by molar-refractivity contribution is 6.27. The van der Waals surface area contributed by atoms with Gasteiger partial charge in [0.15, 0.2) is 0 Å². The molecule has 2 rings (SSSR count). The van der Waals surface area contributed by atoms with Crippen LogP contribution in [0.1, 0.15) is 12.0 Å². The Bertz CT molecular complexity index is 481. The van der Waals surface area contributed by atoms with E-state index in [0.29, 0.717) is 19.6 Å². The predicted octanol–water partition coefficient (Wildman–Crippen LogP) is 2.00. The number of rotatable bonds is 5. The molecule has 2 amide bonds. The van der Waals surface area contributed by atoms with Crippen LogP contribution in [0.15, 0.2) is 30.3 Å². The molecule has 21 heavy (non-hydrogen) atoms. The van der Waals surface area contributed by atoms with Crippen LogP contribution in [0, 0.1) is 5.92 Å². The van der Waals surface area contributed by atoms with E-state index in [1.165, 1.54) is 0 Å². The maximum absolute atomic E-state index is 12.0. The van der Waals surface area contributed by atoms with Crippen LogP contribution in [0.3, 0.4) is 0 Å². The lowest BCUT2D eigenvalue weighted by Gasteiger charge is -2.16. The number of alkyl halides is 1. The SMILES string of the molecule is O=C(CCl)NCC1CCN(C(=O)OCc2ccccc2)C1. The summed E-state index contributed by atoms with van der Waals surface area (Å²) in [5.74, 6) is 0.0541. The molecule has 0 aromatic heterocycles. The van der Waals surface area contributed by atoms with E-state index < -0.39 is 0 Å². The zero-order valence-electron chi connectivity index (χ0n) is 11.8. The van der Waals surface area contributed by atoms with Crippen molar-refractivity contribution in [3.05, 3.63) is 35.9 Å². The van der Waals surface area contributed by atoms with Crippen molar-refractivity contribution in [2.24, 2.45) is 5.92 Å². The van der Waals surface area contributed by atoms with E-state index in [9.17, 15) is 9.59 Å². The summed E-state index contributed by atoms with van der Waals surface area (Å²) >= 11 is 5.42. The predicted molar refractivity (Wildman–Crippen MR) is 80.0 cm³/mol. The molecule has 1 aromatic carbocycles. The number of carbonyl (C=O) groups excluding carboxylic acids is 2. The molecule has 0 bridgehead atoms. The summed E-state index contributed by atoms with van der Waals surface area (Å²) < 4.78 is 5.29. The molecule has 1 saturated heterocycles. The number of likely N-dealkylation sites (tertiary alicyclic amines) is 1. The van der Waals surface area contributed by atoms with Crippen molar-refractivity contribution < 1.29 is 14.3 Å². The normalized spacial score (nSPS) is 17.6. The Balaban J connectivity index is 1.71. The van der Waals surface area contributed by atoms with Gasteiger partial charge in [0, 0.05) is 19.6 Å². The van der Waals surface area contributed by atoms with E-state index in [-0.39, 0.29) is 30.4 Å². The third-order valence-corrected chi connectivity index (χ3v) is 3.70. The zero-order valence-corrected chi connectivity index (χ0v) is 12.5. The summed E-state index contributed by atoms with van der Waals surface area (Å²) in [5, 5.41) is 2.74. The second-order valence-corrected chi connectivity index (χ2v) is 5.35. The van der Waals surface area contributed by atoms with Gasteiger partial charge < -0.3 is 15.0 Å². The second-order valence-electron chi connectivity index (χ2n) is 5.08. The van der Waals surface area contributed by atoms with Gasteiger partial charge in [0.1, 0.15) is 12.5 Å². The van der Waals surface area contributed by atoms with E-state index in [1.54, 1.807) is 4.90 Å². The molecule has 0 spiro atoms. The first-order chi connectivity index (χ1) is 10.2. The summed E-state index contributed by atoms with van der Waals surface area (Å²) in [6.45, 7) is 2.10. The quantitative estimate of drug-likeness (QED) is 0.846. The molecule has 1 N–H and O–H groups in total. The van der Waals surface area contributed by atoms with Crippen molar-refractivity contribution in [3.8, 4) is 0 Å². The second kappa shape index (κ2) is 7.88. The van der Waals surface area contributed by atoms with Gasteiger partial charge in [0.05, 0.1) is 0 Å². The standard InChI is InChI=1S/C15H19ClN2O3/c16-8-14(19)17-9-13-6-7-18(10-13)15(20)21-11-12-4-2-1-3-5-12/h1-5,13H,6-11H2,(H,17,19). The van der Waals surface area contributed by atoms with Gasteiger partial charge in [0.2, 0.25) is 5.91 Å². The van der Waals surface area contributed by atoms with Gasteiger partial charge in [-0.05, 0) is 17.9 Å². The lowest BCUT2D eigenvalue weighted by atomic mass is 10.1. The Morgan fingerprint density at radius 1 is 1.33 bits per heavy atom. The van der Waals surface area contributed by atoms with Crippen molar-refractivity contribution in [2.45, 2.75) is 13.0 Å². The third kappa shape index (κ3) is 4.93. The van der Waals surface area contributed by atoms with Crippen molar-refractivity contribution in [3.63, 3.8) is 0 Å². The maximum atomic E-state index is 12.0. The molecule has 0 aliphatic carbocycles. The first kappa shape index (κ1) is 15.6. The fourth-order valence-electron chi connectivity index (χ4n) is 2.28. The Kier molecular flexibility index (Phi) is 5.87. The van der Waals surface area contributed by atoms with Gasteiger partial charge in [-0.25, -0.2) is 4.79 Å². The molecule has 1 aliphatic heterocycles. The number of nitrogens with one attached hydrogen (secondary N) is 1. The number of amides is 2. The van der Waals surface area contributed by atoms with E-state index in [1.807, 2.05) is 30.3 Å². The van der Waals surface area contributed by atoms with Gasteiger partial charge in [-0.2, -0.15) is 0 Å². The smallest absolute Gasteiger partial charge is 0.410 e. The highest BCUT2D eigenvalue weighted by Crippen LogP contribution is 2.16. The van der Waals surface area contributed by atoms with E-state index in [2.05, 4.69) is 5.32 Å².